The number of hydrogen-bond acceptors (Lipinski definition) is 4. The Labute approximate surface area is 112 Å². The lowest BCUT2D eigenvalue weighted by atomic mass is 10.2. The summed E-state index contributed by atoms with van der Waals surface area (Å²) in [6.45, 7) is 1.21. The number of amides is 1. The van der Waals surface area contributed by atoms with Gasteiger partial charge in [0.05, 0.1) is 29.5 Å². The van der Waals surface area contributed by atoms with Gasteiger partial charge in [-0.25, -0.2) is 0 Å². The van der Waals surface area contributed by atoms with Gasteiger partial charge >= 0.3 is 0 Å². The minimum Gasteiger partial charge on any atom is -0.396 e. The molecule has 1 rings (SSSR count). The number of methoxy groups -OCH3 is 1. The second-order valence-electron chi connectivity index (χ2n) is 3.87. The van der Waals surface area contributed by atoms with E-state index in [1.54, 1.807) is 31.2 Å². The van der Waals surface area contributed by atoms with Gasteiger partial charge in [-0.05, 0) is 12.1 Å². The van der Waals surface area contributed by atoms with Crippen molar-refractivity contribution in [3.05, 3.63) is 23.2 Å². The standard InChI is InChI=1S/C12H18ClN3O2/c1-16(8-11(17)15-6-7-18-2)10-5-3-4-9(13)12(10)14/h3-5H,6-8,14H2,1-2H3,(H,15,17). The van der Waals surface area contributed by atoms with E-state index in [1.165, 1.54) is 0 Å². The van der Waals surface area contributed by atoms with E-state index in [9.17, 15) is 4.79 Å². The first-order chi connectivity index (χ1) is 8.56. The molecule has 0 aliphatic rings. The Bertz CT molecular complexity index is 412. The number of nitrogen functional groups attached to an aromatic ring is 1. The maximum absolute atomic E-state index is 11.6. The molecule has 18 heavy (non-hydrogen) atoms. The van der Waals surface area contributed by atoms with Gasteiger partial charge in [-0.3, -0.25) is 4.79 Å². The normalized spacial score (nSPS) is 10.2. The summed E-state index contributed by atoms with van der Waals surface area (Å²) in [6.07, 6.45) is 0. The lowest BCUT2D eigenvalue weighted by molar-refractivity contribution is -0.119. The van der Waals surface area contributed by atoms with E-state index in [2.05, 4.69) is 5.32 Å². The summed E-state index contributed by atoms with van der Waals surface area (Å²) >= 11 is 5.93. The van der Waals surface area contributed by atoms with E-state index in [4.69, 9.17) is 22.1 Å². The first-order valence-electron chi connectivity index (χ1n) is 5.57. The molecular formula is C12H18ClN3O2. The summed E-state index contributed by atoms with van der Waals surface area (Å²) in [6, 6.07) is 5.34. The van der Waals surface area contributed by atoms with Crippen molar-refractivity contribution >= 4 is 28.9 Å². The quantitative estimate of drug-likeness (QED) is 0.601. The molecule has 0 radical (unpaired) electrons. The Morgan fingerprint density at radius 1 is 1.56 bits per heavy atom. The number of para-hydroxylation sites is 1. The van der Waals surface area contributed by atoms with Crippen LogP contribution in [-0.4, -0.2) is 39.8 Å². The molecule has 0 aliphatic heterocycles. The van der Waals surface area contributed by atoms with Crippen LogP contribution < -0.4 is 16.0 Å². The van der Waals surface area contributed by atoms with Gasteiger partial charge in [0.15, 0.2) is 0 Å². The van der Waals surface area contributed by atoms with Crippen LogP contribution in [0.1, 0.15) is 0 Å². The molecule has 0 atom stereocenters. The molecular weight excluding hydrogens is 254 g/mol. The number of rotatable bonds is 6. The van der Waals surface area contributed by atoms with Crippen LogP contribution in [0.5, 0.6) is 0 Å². The van der Waals surface area contributed by atoms with E-state index in [-0.39, 0.29) is 12.5 Å². The highest BCUT2D eigenvalue weighted by Gasteiger charge is 2.11. The maximum Gasteiger partial charge on any atom is 0.239 e. The molecule has 0 aliphatic carbocycles. The number of nitrogens with one attached hydrogen (secondary N) is 1. The molecule has 1 aromatic carbocycles. The van der Waals surface area contributed by atoms with Gasteiger partial charge in [-0.15, -0.1) is 0 Å². The number of ether oxygens (including phenoxy) is 1. The molecule has 1 amide bonds. The monoisotopic (exact) mass is 271 g/mol. The first-order valence-corrected chi connectivity index (χ1v) is 5.94. The Morgan fingerprint density at radius 2 is 2.28 bits per heavy atom. The number of nitrogens with zero attached hydrogens (tertiary/aromatic N) is 1. The summed E-state index contributed by atoms with van der Waals surface area (Å²) in [5, 5.41) is 3.22. The summed E-state index contributed by atoms with van der Waals surface area (Å²) in [5.41, 5.74) is 7.07. The summed E-state index contributed by atoms with van der Waals surface area (Å²) in [4.78, 5) is 13.4. The van der Waals surface area contributed by atoms with Gasteiger partial charge in [0.2, 0.25) is 5.91 Å². The molecule has 0 unspecified atom stereocenters. The molecule has 100 valence electrons. The fourth-order valence-electron chi connectivity index (χ4n) is 1.51. The summed E-state index contributed by atoms with van der Waals surface area (Å²) < 4.78 is 4.85. The van der Waals surface area contributed by atoms with Crippen LogP contribution in [0.15, 0.2) is 18.2 Å². The van der Waals surface area contributed by atoms with Crippen LogP contribution in [-0.2, 0) is 9.53 Å². The molecule has 0 aromatic heterocycles. The maximum atomic E-state index is 11.6. The van der Waals surface area contributed by atoms with Crippen LogP contribution in [0.4, 0.5) is 11.4 Å². The third-order valence-corrected chi connectivity index (χ3v) is 2.78. The lowest BCUT2D eigenvalue weighted by Crippen LogP contribution is -2.36. The van der Waals surface area contributed by atoms with Gasteiger partial charge < -0.3 is 20.7 Å². The van der Waals surface area contributed by atoms with E-state index < -0.39 is 0 Å². The molecule has 3 N–H and O–H groups in total. The highest BCUT2D eigenvalue weighted by molar-refractivity contribution is 6.33. The van der Waals surface area contributed by atoms with Gasteiger partial charge in [0.25, 0.3) is 0 Å². The Kier molecular flexibility index (Phi) is 5.74. The van der Waals surface area contributed by atoms with Crippen LogP contribution >= 0.6 is 11.6 Å². The largest absolute Gasteiger partial charge is 0.396 e. The van der Waals surface area contributed by atoms with Gasteiger partial charge in [-0.1, -0.05) is 17.7 Å². The van der Waals surface area contributed by atoms with Crippen molar-refractivity contribution in [2.45, 2.75) is 0 Å². The minimum atomic E-state index is -0.0890. The molecule has 0 fully saturated rings. The average molecular weight is 272 g/mol. The van der Waals surface area contributed by atoms with Gasteiger partial charge in [-0.2, -0.15) is 0 Å². The molecule has 0 saturated carbocycles. The highest BCUT2D eigenvalue weighted by atomic mass is 35.5. The molecule has 0 heterocycles. The zero-order chi connectivity index (χ0) is 13.5. The number of carbonyl (C=O) groups is 1. The number of hydrogen-bond donors (Lipinski definition) is 2. The Balaban J connectivity index is 2.57. The van der Waals surface area contributed by atoms with Gasteiger partial charge in [0.1, 0.15) is 0 Å². The van der Waals surface area contributed by atoms with E-state index in [0.29, 0.717) is 23.9 Å². The fraction of sp³-hybridized carbons (Fsp3) is 0.417. The first kappa shape index (κ1) is 14.6. The van der Waals surface area contributed by atoms with Crippen molar-refractivity contribution in [2.24, 2.45) is 0 Å². The number of anilines is 2. The van der Waals surface area contributed by atoms with Crippen molar-refractivity contribution < 1.29 is 9.53 Å². The molecule has 6 heteroatoms. The SMILES string of the molecule is COCCNC(=O)CN(C)c1cccc(Cl)c1N. The van der Waals surface area contributed by atoms with Crippen LogP contribution in [0.3, 0.4) is 0 Å². The Hall–Kier alpha value is -1.46. The summed E-state index contributed by atoms with van der Waals surface area (Å²) in [7, 11) is 3.38. The van der Waals surface area contributed by atoms with Crippen LogP contribution in [0.2, 0.25) is 5.02 Å². The van der Waals surface area contributed by atoms with Gasteiger partial charge in [0, 0.05) is 20.7 Å². The highest BCUT2D eigenvalue weighted by Crippen LogP contribution is 2.28. The molecule has 0 bridgehead atoms. The predicted molar refractivity (Wildman–Crippen MR) is 74.0 cm³/mol. The number of likely N-dealkylation sites (N-methyl/N-ethyl adjacent to an activating group) is 1. The molecule has 0 spiro atoms. The van der Waals surface area contributed by atoms with Crippen molar-refractivity contribution in [1.29, 1.82) is 0 Å². The lowest BCUT2D eigenvalue weighted by Gasteiger charge is -2.21. The van der Waals surface area contributed by atoms with Crippen molar-refractivity contribution in [3.63, 3.8) is 0 Å². The van der Waals surface area contributed by atoms with E-state index in [1.807, 2.05) is 6.07 Å². The third kappa shape index (κ3) is 4.09. The minimum absolute atomic E-state index is 0.0890. The van der Waals surface area contributed by atoms with E-state index in [0.717, 1.165) is 5.69 Å². The topological polar surface area (TPSA) is 67.6 Å². The predicted octanol–water partition coefficient (Wildman–Crippen LogP) is 1.12. The molecule has 5 nitrogen and oxygen atoms in total. The second kappa shape index (κ2) is 7.08. The second-order valence-corrected chi connectivity index (χ2v) is 4.28. The number of nitrogens with two attached hydrogens (primary N) is 1. The number of benzene rings is 1. The number of halogens is 1. The van der Waals surface area contributed by atoms with Crippen LogP contribution in [0, 0.1) is 0 Å². The van der Waals surface area contributed by atoms with Crippen molar-refractivity contribution in [2.75, 3.05) is 44.5 Å². The summed E-state index contributed by atoms with van der Waals surface area (Å²) in [5.74, 6) is -0.0890. The smallest absolute Gasteiger partial charge is 0.239 e. The van der Waals surface area contributed by atoms with Crippen molar-refractivity contribution in [1.82, 2.24) is 5.32 Å². The number of carbonyl (C=O) groups excluding carboxylic acids is 1. The third-order valence-electron chi connectivity index (χ3n) is 2.45. The van der Waals surface area contributed by atoms with Crippen LogP contribution in [0.25, 0.3) is 0 Å². The average Bonchev–Trinajstić information content (AvgIpc) is 2.32. The zero-order valence-electron chi connectivity index (χ0n) is 10.6. The fourth-order valence-corrected chi connectivity index (χ4v) is 1.68. The van der Waals surface area contributed by atoms with Crippen molar-refractivity contribution in [3.8, 4) is 0 Å². The molecule has 1 aromatic rings. The van der Waals surface area contributed by atoms with E-state index >= 15 is 0 Å². The zero-order valence-corrected chi connectivity index (χ0v) is 11.3. The Morgan fingerprint density at radius 3 is 2.94 bits per heavy atom. The molecule has 0 saturated heterocycles.